The van der Waals surface area contributed by atoms with Crippen molar-refractivity contribution < 1.29 is 9.18 Å². The Hall–Kier alpha value is -2.50. The molecule has 1 saturated carbocycles. The van der Waals surface area contributed by atoms with E-state index in [4.69, 9.17) is 0 Å². The summed E-state index contributed by atoms with van der Waals surface area (Å²) < 4.78 is 14.6. The standard InChI is InChI=1S/C19H20FN3O2/c20-15-5-3-14(4-6-15)19(25)22-11-9-16(10-12-22)23-18(24)8-7-17(21-23)13-1-2-13/h3-8,13,16H,1-2,9-12H2. The summed E-state index contributed by atoms with van der Waals surface area (Å²) in [7, 11) is 0. The second-order valence-electron chi connectivity index (χ2n) is 6.85. The largest absolute Gasteiger partial charge is 0.338 e. The molecule has 130 valence electrons. The number of rotatable bonds is 3. The highest BCUT2D eigenvalue weighted by Gasteiger charge is 2.29. The fraction of sp³-hybridized carbons (Fsp3) is 0.421. The predicted molar refractivity (Wildman–Crippen MR) is 91.0 cm³/mol. The van der Waals surface area contributed by atoms with E-state index in [0.717, 1.165) is 18.5 Å². The zero-order valence-electron chi connectivity index (χ0n) is 13.9. The van der Waals surface area contributed by atoms with Gasteiger partial charge >= 0.3 is 0 Å². The molecule has 0 spiro atoms. The number of nitrogens with zero attached hydrogens (tertiary/aromatic N) is 3. The van der Waals surface area contributed by atoms with Gasteiger partial charge in [-0.3, -0.25) is 9.59 Å². The molecule has 0 radical (unpaired) electrons. The van der Waals surface area contributed by atoms with Gasteiger partial charge in [-0.1, -0.05) is 0 Å². The van der Waals surface area contributed by atoms with E-state index in [0.29, 0.717) is 37.4 Å². The Morgan fingerprint density at radius 2 is 1.68 bits per heavy atom. The third kappa shape index (κ3) is 3.34. The van der Waals surface area contributed by atoms with Gasteiger partial charge in [-0.15, -0.1) is 0 Å². The van der Waals surface area contributed by atoms with Crippen molar-refractivity contribution in [3.05, 3.63) is 63.8 Å². The van der Waals surface area contributed by atoms with Crippen molar-refractivity contribution in [3.63, 3.8) is 0 Å². The number of likely N-dealkylation sites (tertiary alicyclic amines) is 1. The zero-order valence-corrected chi connectivity index (χ0v) is 13.9. The van der Waals surface area contributed by atoms with E-state index in [2.05, 4.69) is 5.10 Å². The van der Waals surface area contributed by atoms with Crippen molar-refractivity contribution in [1.82, 2.24) is 14.7 Å². The van der Waals surface area contributed by atoms with E-state index in [1.807, 2.05) is 6.07 Å². The molecular weight excluding hydrogens is 321 g/mol. The van der Waals surface area contributed by atoms with Gasteiger partial charge in [-0.25, -0.2) is 9.07 Å². The Kier molecular flexibility index (Phi) is 4.11. The topological polar surface area (TPSA) is 55.2 Å². The van der Waals surface area contributed by atoms with Crippen LogP contribution in [0.3, 0.4) is 0 Å². The van der Waals surface area contributed by atoms with Gasteiger partial charge in [0.15, 0.2) is 0 Å². The number of hydrogen-bond acceptors (Lipinski definition) is 3. The Balaban J connectivity index is 1.44. The van der Waals surface area contributed by atoms with Crippen LogP contribution in [0.5, 0.6) is 0 Å². The van der Waals surface area contributed by atoms with E-state index in [-0.39, 0.29) is 23.3 Å². The first-order chi connectivity index (χ1) is 12.1. The van der Waals surface area contributed by atoms with Crippen LogP contribution in [0.25, 0.3) is 0 Å². The van der Waals surface area contributed by atoms with Crippen molar-refractivity contribution >= 4 is 5.91 Å². The lowest BCUT2D eigenvalue weighted by Crippen LogP contribution is -2.41. The van der Waals surface area contributed by atoms with Gasteiger partial charge in [0.05, 0.1) is 11.7 Å². The molecule has 0 bridgehead atoms. The van der Waals surface area contributed by atoms with Crippen molar-refractivity contribution in [2.45, 2.75) is 37.6 Å². The van der Waals surface area contributed by atoms with Crippen LogP contribution in [0.4, 0.5) is 4.39 Å². The lowest BCUT2D eigenvalue weighted by Gasteiger charge is -2.32. The minimum absolute atomic E-state index is 0.0310. The van der Waals surface area contributed by atoms with Crippen LogP contribution >= 0.6 is 0 Å². The number of amides is 1. The third-order valence-electron chi connectivity index (χ3n) is 5.03. The molecule has 2 fully saturated rings. The number of hydrogen-bond donors (Lipinski definition) is 0. The van der Waals surface area contributed by atoms with Crippen LogP contribution in [0.2, 0.25) is 0 Å². The second-order valence-corrected chi connectivity index (χ2v) is 6.85. The lowest BCUT2D eigenvalue weighted by molar-refractivity contribution is 0.0687. The lowest BCUT2D eigenvalue weighted by atomic mass is 10.0. The van der Waals surface area contributed by atoms with Crippen molar-refractivity contribution in [1.29, 1.82) is 0 Å². The average Bonchev–Trinajstić information content (AvgIpc) is 3.48. The van der Waals surface area contributed by atoms with Crippen LogP contribution in [0.1, 0.15) is 53.7 Å². The van der Waals surface area contributed by atoms with Gasteiger partial charge in [0.2, 0.25) is 0 Å². The molecule has 1 aromatic carbocycles. The molecule has 0 unspecified atom stereocenters. The summed E-state index contributed by atoms with van der Waals surface area (Å²) in [4.78, 5) is 26.4. The number of halogens is 1. The molecule has 1 aliphatic heterocycles. The minimum Gasteiger partial charge on any atom is -0.338 e. The molecule has 0 N–H and O–H groups in total. The Labute approximate surface area is 145 Å². The third-order valence-corrected chi connectivity index (χ3v) is 5.03. The molecule has 2 aliphatic rings. The summed E-state index contributed by atoms with van der Waals surface area (Å²) in [6.07, 6.45) is 3.70. The van der Waals surface area contributed by atoms with Gasteiger partial charge in [0.25, 0.3) is 11.5 Å². The van der Waals surface area contributed by atoms with E-state index in [1.165, 1.54) is 24.3 Å². The van der Waals surface area contributed by atoms with Crippen LogP contribution in [-0.4, -0.2) is 33.7 Å². The number of carbonyl (C=O) groups is 1. The van der Waals surface area contributed by atoms with Gasteiger partial charge in [0, 0.05) is 30.6 Å². The number of carbonyl (C=O) groups excluding carboxylic acids is 1. The molecule has 5 nitrogen and oxygen atoms in total. The number of piperidine rings is 1. The maximum Gasteiger partial charge on any atom is 0.267 e. The molecule has 6 heteroatoms. The Bertz CT molecular complexity index is 834. The molecule has 1 aliphatic carbocycles. The van der Waals surface area contributed by atoms with Crippen molar-refractivity contribution in [3.8, 4) is 0 Å². The molecule has 0 atom stereocenters. The van der Waals surface area contributed by atoms with Crippen LogP contribution in [-0.2, 0) is 0 Å². The van der Waals surface area contributed by atoms with E-state index < -0.39 is 0 Å². The maximum atomic E-state index is 13.0. The fourth-order valence-corrected chi connectivity index (χ4v) is 3.39. The van der Waals surface area contributed by atoms with Crippen molar-refractivity contribution in [2.24, 2.45) is 0 Å². The molecule has 2 aromatic rings. The molecule has 1 aromatic heterocycles. The van der Waals surface area contributed by atoms with E-state index in [1.54, 1.807) is 15.6 Å². The van der Waals surface area contributed by atoms with Crippen LogP contribution < -0.4 is 5.56 Å². The quantitative estimate of drug-likeness (QED) is 0.862. The molecule has 1 saturated heterocycles. The molecule has 4 rings (SSSR count). The molecule has 25 heavy (non-hydrogen) atoms. The number of aromatic nitrogens is 2. The zero-order chi connectivity index (χ0) is 17.4. The van der Waals surface area contributed by atoms with Gasteiger partial charge < -0.3 is 4.90 Å². The normalized spacial score (nSPS) is 18.4. The average molecular weight is 341 g/mol. The summed E-state index contributed by atoms with van der Waals surface area (Å²) in [5, 5.41) is 4.55. The van der Waals surface area contributed by atoms with E-state index in [9.17, 15) is 14.0 Å². The summed E-state index contributed by atoms with van der Waals surface area (Å²) in [6, 6.07) is 9.09. The van der Waals surface area contributed by atoms with Crippen LogP contribution in [0, 0.1) is 5.82 Å². The molecule has 2 heterocycles. The predicted octanol–water partition coefficient (Wildman–Crippen LogP) is 2.74. The monoisotopic (exact) mass is 341 g/mol. The maximum absolute atomic E-state index is 13.0. The highest BCUT2D eigenvalue weighted by molar-refractivity contribution is 5.94. The van der Waals surface area contributed by atoms with Gasteiger partial charge in [-0.05, 0) is 56.0 Å². The molecule has 1 amide bonds. The molecular formula is C19H20FN3O2. The second kappa shape index (κ2) is 6.43. The first kappa shape index (κ1) is 16.0. The van der Waals surface area contributed by atoms with Gasteiger partial charge in [-0.2, -0.15) is 5.10 Å². The van der Waals surface area contributed by atoms with Crippen molar-refractivity contribution in [2.75, 3.05) is 13.1 Å². The van der Waals surface area contributed by atoms with E-state index >= 15 is 0 Å². The highest BCUT2D eigenvalue weighted by atomic mass is 19.1. The van der Waals surface area contributed by atoms with Crippen LogP contribution in [0.15, 0.2) is 41.2 Å². The summed E-state index contributed by atoms with van der Waals surface area (Å²) in [6.45, 7) is 1.14. The SMILES string of the molecule is O=C(c1ccc(F)cc1)N1CCC(n2nc(C3CC3)ccc2=O)CC1. The first-order valence-corrected chi connectivity index (χ1v) is 8.76. The smallest absolute Gasteiger partial charge is 0.267 e. The first-order valence-electron chi connectivity index (χ1n) is 8.76. The summed E-state index contributed by atoms with van der Waals surface area (Å²) in [5.74, 6) is 0.0636. The Morgan fingerprint density at radius 3 is 2.32 bits per heavy atom. The fourth-order valence-electron chi connectivity index (χ4n) is 3.39. The van der Waals surface area contributed by atoms with Gasteiger partial charge in [0.1, 0.15) is 5.82 Å². The Morgan fingerprint density at radius 1 is 1.00 bits per heavy atom. The summed E-state index contributed by atoms with van der Waals surface area (Å²) in [5.41, 5.74) is 1.42. The number of benzene rings is 1. The summed E-state index contributed by atoms with van der Waals surface area (Å²) >= 11 is 0. The minimum atomic E-state index is -0.351. The highest BCUT2D eigenvalue weighted by Crippen LogP contribution is 2.38.